The fourth-order valence-electron chi connectivity index (χ4n) is 2.71. The highest BCUT2D eigenvalue weighted by Crippen LogP contribution is 2.26. The molecule has 126 valence electrons. The average Bonchev–Trinajstić information content (AvgIpc) is 3.04. The average molecular weight is 328 g/mol. The van der Waals surface area contributed by atoms with Crippen molar-refractivity contribution in [1.29, 1.82) is 0 Å². The number of rotatable bonds is 5. The minimum Gasteiger partial charge on any atom is -0.358 e. The summed E-state index contributed by atoms with van der Waals surface area (Å²) >= 11 is 0. The van der Waals surface area contributed by atoms with Crippen LogP contribution in [0.3, 0.4) is 0 Å². The Bertz CT molecular complexity index is 909. The van der Waals surface area contributed by atoms with Crippen LogP contribution in [0.25, 0.3) is 22.7 Å². The van der Waals surface area contributed by atoms with E-state index in [0.29, 0.717) is 11.6 Å². The first kappa shape index (κ1) is 16.1. The molecule has 8 heteroatoms. The van der Waals surface area contributed by atoms with Crippen LogP contribution in [-0.2, 0) is 13.6 Å². The van der Waals surface area contributed by atoms with Crippen LogP contribution < -0.4 is 0 Å². The van der Waals surface area contributed by atoms with Gasteiger partial charge in [-0.25, -0.2) is 14.5 Å². The van der Waals surface area contributed by atoms with E-state index in [-0.39, 0.29) is 5.82 Å². The number of aromatic nitrogens is 4. The Hall–Kier alpha value is -2.74. The molecule has 0 bridgehead atoms. The minimum absolute atomic E-state index is 0.0487. The van der Waals surface area contributed by atoms with Gasteiger partial charge in [-0.3, -0.25) is 0 Å². The van der Waals surface area contributed by atoms with Gasteiger partial charge in [-0.15, -0.1) is 0 Å². The van der Waals surface area contributed by atoms with Crippen LogP contribution in [0.2, 0.25) is 0 Å². The molecule has 24 heavy (non-hydrogen) atoms. The van der Waals surface area contributed by atoms with Gasteiger partial charge in [0.2, 0.25) is 5.82 Å². The van der Waals surface area contributed by atoms with E-state index < -0.39 is 4.92 Å². The monoisotopic (exact) mass is 328 g/mol. The molecule has 3 aromatic rings. The summed E-state index contributed by atoms with van der Waals surface area (Å²) in [5, 5.41) is 11.1. The second-order valence-electron chi connectivity index (χ2n) is 6.14. The van der Waals surface area contributed by atoms with Crippen molar-refractivity contribution < 1.29 is 4.92 Å². The van der Waals surface area contributed by atoms with Gasteiger partial charge in [-0.2, -0.15) is 0 Å². The molecule has 0 saturated heterocycles. The molecule has 0 fully saturated rings. The Morgan fingerprint density at radius 1 is 1.29 bits per heavy atom. The van der Waals surface area contributed by atoms with Crippen molar-refractivity contribution >= 4 is 16.9 Å². The molecular formula is C16H20N6O2. The first-order chi connectivity index (χ1) is 11.4. The predicted octanol–water partition coefficient (Wildman–Crippen LogP) is 2.22. The third kappa shape index (κ3) is 2.76. The summed E-state index contributed by atoms with van der Waals surface area (Å²) in [6.07, 6.45) is 1.27. The van der Waals surface area contributed by atoms with Crippen LogP contribution in [0, 0.1) is 17.0 Å². The van der Waals surface area contributed by atoms with Gasteiger partial charge in [0.15, 0.2) is 0 Å². The molecule has 0 aliphatic rings. The fraction of sp³-hybridized carbons (Fsp3) is 0.375. The maximum Gasteiger partial charge on any atom is 0.343 e. The topological polar surface area (TPSA) is 82.0 Å². The Morgan fingerprint density at radius 3 is 2.67 bits per heavy atom. The zero-order chi connectivity index (χ0) is 17.4. The van der Waals surface area contributed by atoms with Gasteiger partial charge < -0.3 is 19.6 Å². The number of imidazole rings is 2. The summed E-state index contributed by atoms with van der Waals surface area (Å²) in [5.74, 6) is 1.09. The summed E-state index contributed by atoms with van der Waals surface area (Å²) in [6.45, 7) is 3.57. The standard InChI is InChI=1S/C16H20N6O2/c1-11-5-6-13-12(9-11)18-16(21(13)8-7-19(2)3)15-17-10-14(20(15)4)22(23)24/h5-6,9-10H,7-8H2,1-4H3. The van der Waals surface area contributed by atoms with E-state index in [2.05, 4.69) is 14.5 Å². The Labute approximate surface area is 139 Å². The number of aryl methyl sites for hydroxylation is 1. The lowest BCUT2D eigenvalue weighted by Gasteiger charge is -2.12. The van der Waals surface area contributed by atoms with Gasteiger partial charge in [0, 0.05) is 13.1 Å². The molecule has 3 rings (SSSR count). The molecule has 0 N–H and O–H groups in total. The van der Waals surface area contributed by atoms with Gasteiger partial charge >= 0.3 is 5.82 Å². The predicted molar refractivity (Wildman–Crippen MR) is 91.9 cm³/mol. The van der Waals surface area contributed by atoms with Crippen molar-refractivity contribution in [1.82, 2.24) is 24.0 Å². The lowest BCUT2D eigenvalue weighted by atomic mass is 10.2. The number of benzene rings is 1. The maximum atomic E-state index is 11.1. The lowest BCUT2D eigenvalue weighted by molar-refractivity contribution is -0.391. The smallest absolute Gasteiger partial charge is 0.343 e. The summed E-state index contributed by atoms with van der Waals surface area (Å²) < 4.78 is 3.54. The molecule has 0 spiro atoms. The fourth-order valence-corrected chi connectivity index (χ4v) is 2.71. The molecule has 0 radical (unpaired) electrons. The number of fused-ring (bicyclic) bond motifs is 1. The normalized spacial score (nSPS) is 11.5. The van der Waals surface area contributed by atoms with E-state index in [0.717, 1.165) is 29.7 Å². The van der Waals surface area contributed by atoms with Crippen molar-refractivity contribution in [3.05, 3.63) is 40.1 Å². The molecule has 8 nitrogen and oxygen atoms in total. The van der Waals surface area contributed by atoms with Crippen LogP contribution in [0.1, 0.15) is 5.56 Å². The van der Waals surface area contributed by atoms with E-state index in [4.69, 9.17) is 4.98 Å². The molecule has 2 aromatic heterocycles. The summed E-state index contributed by atoms with van der Waals surface area (Å²) in [6, 6.07) is 6.09. The second-order valence-corrected chi connectivity index (χ2v) is 6.14. The van der Waals surface area contributed by atoms with Gasteiger partial charge in [0.05, 0.1) is 18.1 Å². The van der Waals surface area contributed by atoms with E-state index >= 15 is 0 Å². The maximum absolute atomic E-state index is 11.1. The number of nitrogens with zero attached hydrogens (tertiary/aromatic N) is 6. The van der Waals surface area contributed by atoms with Crippen LogP contribution in [0.15, 0.2) is 24.4 Å². The first-order valence-electron chi connectivity index (χ1n) is 7.66. The van der Waals surface area contributed by atoms with Gasteiger partial charge in [0.1, 0.15) is 6.20 Å². The van der Waals surface area contributed by atoms with Crippen molar-refractivity contribution in [2.24, 2.45) is 7.05 Å². The Kier molecular flexibility index (Phi) is 4.06. The van der Waals surface area contributed by atoms with Crippen LogP contribution in [-0.4, -0.2) is 49.6 Å². The van der Waals surface area contributed by atoms with Crippen LogP contribution in [0.4, 0.5) is 5.82 Å². The Morgan fingerprint density at radius 2 is 2.04 bits per heavy atom. The molecule has 0 aliphatic heterocycles. The second kappa shape index (κ2) is 6.04. The summed E-state index contributed by atoms with van der Waals surface area (Å²) in [7, 11) is 5.66. The van der Waals surface area contributed by atoms with Gasteiger partial charge in [-0.05, 0) is 43.6 Å². The zero-order valence-corrected chi connectivity index (χ0v) is 14.2. The molecule has 0 unspecified atom stereocenters. The minimum atomic E-state index is -0.437. The number of hydrogen-bond acceptors (Lipinski definition) is 5. The highest BCUT2D eigenvalue weighted by atomic mass is 16.6. The van der Waals surface area contributed by atoms with Crippen molar-refractivity contribution in [3.63, 3.8) is 0 Å². The quantitative estimate of drug-likeness (QED) is 0.530. The van der Waals surface area contributed by atoms with Crippen molar-refractivity contribution in [3.8, 4) is 11.6 Å². The lowest BCUT2D eigenvalue weighted by Crippen LogP contribution is -2.19. The van der Waals surface area contributed by atoms with Crippen molar-refractivity contribution in [2.75, 3.05) is 20.6 Å². The number of hydrogen-bond donors (Lipinski definition) is 0. The largest absolute Gasteiger partial charge is 0.358 e. The molecule has 0 aliphatic carbocycles. The number of likely N-dealkylation sites (N-methyl/N-ethyl adjacent to an activating group) is 1. The molecule has 2 heterocycles. The zero-order valence-electron chi connectivity index (χ0n) is 14.2. The number of nitro groups is 1. The molecule has 0 amide bonds. The highest BCUT2D eigenvalue weighted by molar-refractivity contribution is 5.80. The highest BCUT2D eigenvalue weighted by Gasteiger charge is 2.23. The van der Waals surface area contributed by atoms with E-state index in [1.807, 2.05) is 39.2 Å². The van der Waals surface area contributed by atoms with Crippen LogP contribution >= 0.6 is 0 Å². The first-order valence-corrected chi connectivity index (χ1v) is 7.66. The van der Waals surface area contributed by atoms with E-state index in [1.54, 1.807) is 7.05 Å². The third-order valence-electron chi connectivity index (χ3n) is 4.03. The molecule has 1 aromatic carbocycles. The molecule has 0 saturated carbocycles. The molecule has 0 atom stereocenters. The van der Waals surface area contributed by atoms with E-state index in [9.17, 15) is 10.1 Å². The van der Waals surface area contributed by atoms with Crippen LogP contribution in [0.5, 0.6) is 0 Å². The third-order valence-corrected chi connectivity index (χ3v) is 4.03. The Balaban J connectivity index is 2.19. The molecular weight excluding hydrogens is 308 g/mol. The summed E-state index contributed by atoms with van der Waals surface area (Å²) in [4.78, 5) is 21.7. The SMILES string of the molecule is Cc1ccc2c(c1)nc(-c1ncc([N+](=O)[O-])n1C)n2CCN(C)C. The van der Waals surface area contributed by atoms with Gasteiger partial charge in [0.25, 0.3) is 5.82 Å². The van der Waals surface area contributed by atoms with Crippen molar-refractivity contribution in [2.45, 2.75) is 13.5 Å². The van der Waals surface area contributed by atoms with Gasteiger partial charge in [-0.1, -0.05) is 6.07 Å². The van der Waals surface area contributed by atoms with E-state index in [1.165, 1.54) is 10.8 Å². The summed E-state index contributed by atoms with van der Waals surface area (Å²) in [5.41, 5.74) is 3.00.